The van der Waals surface area contributed by atoms with E-state index in [2.05, 4.69) is 15.9 Å². The highest BCUT2D eigenvalue weighted by molar-refractivity contribution is 9.09. The van der Waals surface area contributed by atoms with Crippen molar-refractivity contribution in [3.05, 3.63) is 22.7 Å². The predicted octanol–water partition coefficient (Wildman–Crippen LogP) is 4.46. The summed E-state index contributed by atoms with van der Waals surface area (Å²) in [4.78, 5) is 0. The van der Waals surface area contributed by atoms with E-state index in [1.807, 2.05) is 12.1 Å². The summed E-state index contributed by atoms with van der Waals surface area (Å²) in [6.07, 6.45) is 4.40. The molecule has 1 aromatic rings. The van der Waals surface area contributed by atoms with E-state index >= 15 is 0 Å². The van der Waals surface area contributed by atoms with Gasteiger partial charge in [0.2, 0.25) is 0 Å². The Morgan fingerprint density at radius 2 is 1.88 bits per heavy atom. The van der Waals surface area contributed by atoms with Crippen molar-refractivity contribution in [2.75, 3.05) is 19.5 Å². The number of benzene rings is 1. The number of methoxy groups -OCH3 is 2. The average molecular weight is 322 g/mol. The van der Waals surface area contributed by atoms with E-state index in [0.717, 1.165) is 40.3 Å². The maximum Gasteiger partial charge on any atom is 0.165 e. The highest BCUT2D eigenvalue weighted by Crippen LogP contribution is 2.36. The first kappa shape index (κ1) is 14.7. The van der Waals surface area contributed by atoms with Crippen molar-refractivity contribution in [1.29, 1.82) is 0 Å². The van der Waals surface area contributed by atoms with Crippen LogP contribution in [0.5, 0.6) is 11.5 Å². The molecule has 0 unspecified atom stereocenters. The first-order valence-corrected chi connectivity index (χ1v) is 7.19. The summed E-state index contributed by atoms with van der Waals surface area (Å²) < 4.78 is 10.7. The molecule has 0 N–H and O–H groups in total. The Bertz CT molecular complexity index is 356. The Balaban J connectivity index is 2.80. The van der Waals surface area contributed by atoms with Gasteiger partial charge in [0.1, 0.15) is 0 Å². The number of ether oxygens (including phenoxy) is 2. The predicted molar refractivity (Wildman–Crippen MR) is 75.9 cm³/mol. The molecule has 0 aromatic heterocycles. The molecule has 0 radical (unpaired) electrons. The molecule has 0 aliphatic rings. The number of hydrogen-bond donors (Lipinski definition) is 0. The standard InChI is InChI=1S/C13H18BrClO2/c1-16-12-8-7-11(15)10(13(12)17-2)6-4-3-5-9-14/h7-8H,3-6,9H2,1-2H3. The summed E-state index contributed by atoms with van der Waals surface area (Å²) in [7, 11) is 3.29. The second-order valence-electron chi connectivity index (χ2n) is 3.76. The smallest absolute Gasteiger partial charge is 0.165 e. The van der Waals surface area contributed by atoms with Crippen molar-refractivity contribution in [3.63, 3.8) is 0 Å². The van der Waals surface area contributed by atoms with Crippen LogP contribution < -0.4 is 9.47 Å². The maximum absolute atomic E-state index is 6.21. The lowest BCUT2D eigenvalue weighted by Gasteiger charge is -2.14. The normalized spacial score (nSPS) is 10.4. The Morgan fingerprint density at radius 1 is 1.12 bits per heavy atom. The number of unbranched alkanes of at least 4 members (excludes halogenated alkanes) is 2. The number of rotatable bonds is 7. The minimum atomic E-state index is 0.743. The van der Waals surface area contributed by atoms with E-state index < -0.39 is 0 Å². The topological polar surface area (TPSA) is 18.5 Å². The largest absolute Gasteiger partial charge is 0.493 e. The summed E-state index contributed by atoms with van der Waals surface area (Å²) in [5.41, 5.74) is 1.04. The van der Waals surface area contributed by atoms with Crippen molar-refractivity contribution in [3.8, 4) is 11.5 Å². The summed E-state index contributed by atoms with van der Waals surface area (Å²) in [6.45, 7) is 0. The van der Waals surface area contributed by atoms with Gasteiger partial charge in [0, 0.05) is 15.9 Å². The molecule has 96 valence electrons. The van der Waals surface area contributed by atoms with Gasteiger partial charge in [-0.1, -0.05) is 34.0 Å². The number of halogens is 2. The molecule has 4 heteroatoms. The molecule has 0 fully saturated rings. The van der Waals surface area contributed by atoms with Gasteiger partial charge in [-0.05, 0) is 31.4 Å². The van der Waals surface area contributed by atoms with Crippen molar-refractivity contribution < 1.29 is 9.47 Å². The van der Waals surface area contributed by atoms with Crippen molar-refractivity contribution >= 4 is 27.5 Å². The van der Waals surface area contributed by atoms with Gasteiger partial charge < -0.3 is 9.47 Å². The molecule has 0 spiro atoms. The third-order valence-corrected chi connectivity index (χ3v) is 3.57. The molecule has 0 atom stereocenters. The third kappa shape index (κ3) is 4.07. The summed E-state index contributed by atoms with van der Waals surface area (Å²) >= 11 is 9.64. The van der Waals surface area contributed by atoms with Crippen LogP contribution in [0.1, 0.15) is 24.8 Å². The van der Waals surface area contributed by atoms with E-state index in [1.165, 1.54) is 12.8 Å². The highest BCUT2D eigenvalue weighted by atomic mass is 79.9. The fraction of sp³-hybridized carbons (Fsp3) is 0.538. The molecule has 2 nitrogen and oxygen atoms in total. The third-order valence-electron chi connectivity index (χ3n) is 2.65. The van der Waals surface area contributed by atoms with Gasteiger partial charge in [0.15, 0.2) is 11.5 Å². The van der Waals surface area contributed by atoms with Gasteiger partial charge in [-0.2, -0.15) is 0 Å². The molecule has 0 bridgehead atoms. The van der Waals surface area contributed by atoms with Crippen LogP contribution in [0.2, 0.25) is 5.02 Å². The molecule has 0 amide bonds. The fourth-order valence-corrected chi connectivity index (χ4v) is 2.41. The zero-order chi connectivity index (χ0) is 12.7. The van der Waals surface area contributed by atoms with E-state index in [9.17, 15) is 0 Å². The SMILES string of the molecule is COc1ccc(Cl)c(CCCCCBr)c1OC. The van der Waals surface area contributed by atoms with Crippen LogP contribution >= 0.6 is 27.5 Å². The lowest BCUT2D eigenvalue weighted by molar-refractivity contribution is 0.351. The molecule has 1 rings (SSSR count). The first-order valence-electron chi connectivity index (χ1n) is 5.70. The van der Waals surface area contributed by atoms with Crippen molar-refractivity contribution in [1.82, 2.24) is 0 Å². The quantitative estimate of drug-likeness (QED) is 0.545. The lowest BCUT2D eigenvalue weighted by Crippen LogP contribution is -1.97. The summed E-state index contributed by atoms with van der Waals surface area (Å²) in [5, 5.41) is 1.80. The zero-order valence-electron chi connectivity index (χ0n) is 10.3. The van der Waals surface area contributed by atoms with E-state index in [1.54, 1.807) is 14.2 Å². The minimum Gasteiger partial charge on any atom is -0.493 e. The Kier molecular flexibility index (Phi) is 6.75. The van der Waals surface area contributed by atoms with Gasteiger partial charge in [-0.3, -0.25) is 0 Å². The second-order valence-corrected chi connectivity index (χ2v) is 4.96. The monoisotopic (exact) mass is 320 g/mol. The molecule has 1 aromatic carbocycles. The Hall–Kier alpha value is -0.410. The molecule has 0 aliphatic carbocycles. The molecule has 0 aliphatic heterocycles. The number of hydrogen-bond acceptors (Lipinski definition) is 2. The summed E-state index contributed by atoms with van der Waals surface area (Å²) in [6, 6.07) is 3.70. The Morgan fingerprint density at radius 3 is 2.47 bits per heavy atom. The average Bonchev–Trinajstić information content (AvgIpc) is 2.35. The van der Waals surface area contributed by atoms with E-state index in [-0.39, 0.29) is 0 Å². The van der Waals surface area contributed by atoms with Gasteiger partial charge in [-0.15, -0.1) is 0 Å². The maximum atomic E-state index is 6.21. The van der Waals surface area contributed by atoms with Crippen LogP contribution in [0.15, 0.2) is 12.1 Å². The van der Waals surface area contributed by atoms with Gasteiger partial charge in [0.05, 0.1) is 14.2 Å². The molecule has 0 saturated heterocycles. The first-order chi connectivity index (χ1) is 8.24. The van der Waals surface area contributed by atoms with Gasteiger partial charge in [0.25, 0.3) is 0 Å². The minimum absolute atomic E-state index is 0.743. The van der Waals surface area contributed by atoms with Gasteiger partial charge in [-0.25, -0.2) is 0 Å². The van der Waals surface area contributed by atoms with Crippen LogP contribution in [-0.2, 0) is 6.42 Å². The summed E-state index contributed by atoms with van der Waals surface area (Å²) in [5.74, 6) is 1.51. The van der Waals surface area contributed by atoms with Gasteiger partial charge >= 0.3 is 0 Å². The van der Waals surface area contributed by atoms with Crippen LogP contribution in [0.4, 0.5) is 0 Å². The van der Waals surface area contributed by atoms with Crippen molar-refractivity contribution in [2.24, 2.45) is 0 Å². The van der Waals surface area contributed by atoms with Crippen LogP contribution in [0, 0.1) is 0 Å². The van der Waals surface area contributed by atoms with Crippen LogP contribution in [-0.4, -0.2) is 19.5 Å². The van der Waals surface area contributed by atoms with Crippen molar-refractivity contribution in [2.45, 2.75) is 25.7 Å². The lowest BCUT2D eigenvalue weighted by atomic mass is 10.1. The molecule has 0 saturated carbocycles. The fourth-order valence-electron chi connectivity index (χ4n) is 1.77. The van der Waals surface area contributed by atoms with Crippen LogP contribution in [0.3, 0.4) is 0 Å². The Labute approximate surface area is 116 Å². The van der Waals surface area contributed by atoms with Crippen LogP contribution in [0.25, 0.3) is 0 Å². The number of alkyl halides is 1. The second kappa shape index (κ2) is 7.83. The van der Waals surface area contributed by atoms with E-state index in [4.69, 9.17) is 21.1 Å². The molecule has 17 heavy (non-hydrogen) atoms. The molecule has 0 heterocycles. The molecular weight excluding hydrogens is 303 g/mol. The zero-order valence-corrected chi connectivity index (χ0v) is 12.6. The molecular formula is C13H18BrClO2. The highest BCUT2D eigenvalue weighted by Gasteiger charge is 2.13. The van der Waals surface area contributed by atoms with E-state index in [0.29, 0.717) is 0 Å².